The second kappa shape index (κ2) is 6.87. The summed E-state index contributed by atoms with van der Waals surface area (Å²) >= 11 is 3.08. The number of carbonyl (C=O) groups is 1. The molecule has 0 atom stereocenters. The molecule has 0 aliphatic rings. The van der Waals surface area contributed by atoms with E-state index in [9.17, 15) is 13.2 Å². The zero-order chi connectivity index (χ0) is 16.3. The number of nitrogens with two attached hydrogens (primary N) is 1. The van der Waals surface area contributed by atoms with Crippen LogP contribution in [0.5, 0.6) is 0 Å². The van der Waals surface area contributed by atoms with Gasteiger partial charge in [0.25, 0.3) is 0 Å². The molecule has 8 heteroatoms. The summed E-state index contributed by atoms with van der Waals surface area (Å²) in [6.45, 7) is 3.92. The van der Waals surface area contributed by atoms with E-state index in [1.807, 2.05) is 13.8 Å². The minimum absolute atomic E-state index is 0.123. The second-order valence-electron chi connectivity index (χ2n) is 5.04. The number of methoxy groups -OCH3 is 1. The average molecular weight is 380 g/mol. The summed E-state index contributed by atoms with van der Waals surface area (Å²) < 4.78 is 33.4. The van der Waals surface area contributed by atoms with E-state index in [1.54, 1.807) is 7.11 Å². The summed E-state index contributed by atoms with van der Waals surface area (Å²) in [6, 6.07) is 4.08. The number of benzene rings is 1. The Kier molecular flexibility index (Phi) is 5.92. The molecule has 0 fully saturated rings. The van der Waals surface area contributed by atoms with Crippen molar-refractivity contribution in [2.45, 2.75) is 30.8 Å². The van der Waals surface area contributed by atoms with Crippen molar-refractivity contribution in [3.63, 3.8) is 0 Å². The van der Waals surface area contributed by atoms with Crippen LogP contribution >= 0.6 is 15.9 Å². The zero-order valence-electron chi connectivity index (χ0n) is 12.1. The van der Waals surface area contributed by atoms with E-state index >= 15 is 0 Å². The Labute approximate surface area is 132 Å². The normalized spacial score (nSPS) is 12.2. The lowest BCUT2D eigenvalue weighted by Crippen LogP contribution is -2.25. The summed E-state index contributed by atoms with van der Waals surface area (Å²) in [5.74, 6) is -0.612. The lowest BCUT2D eigenvalue weighted by molar-refractivity contribution is -0.00564. The molecule has 0 heterocycles. The molecule has 6 nitrogen and oxygen atoms in total. The first-order chi connectivity index (χ1) is 9.57. The fraction of sp³-hybridized carbons (Fsp3) is 0.462. The Bertz CT molecular complexity index is 627. The second-order valence-corrected chi connectivity index (χ2v) is 7.42. The highest BCUT2D eigenvalue weighted by atomic mass is 79.9. The molecule has 0 aliphatic heterocycles. The quantitative estimate of drug-likeness (QED) is 0.763. The molecule has 0 spiro atoms. The highest BCUT2D eigenvalue weighted by molar-refractivity contribution is 9.10. The van der Waals surface area contributed by atoms with Gasteiger partial charge in [0.05, 0.1) is 22.7 Å². The standard InChI is InChI=1S/C13H18BrNO5S/c1-13(2,19-3)6-7-20-12(16)9-4-5-10(14)11(8-9)21(15,17)18/h4-5,8H,6-7H2,1-3H3,(H2,15,17,18). The van der Waals surface area contributed by atoms with Gasteiger partial charge in [-0.15, -0.1) is 0 Å². The highest BCUT2D eigenvalue weighted by Crippen LogP contribution is 2.22. The van der Waals surface area contributed by atoms with Gasteiger partial charge in [0.15, 0.2) is 0 Å². The number of carbonyl (C=O) groups excluding carboxylic acids is 1. The maximum atomic E-state index is 11.9. The fourth-order valence-corrected chi connectivity index (χ4v) is 2.98. The Morgan fingerprint density at radius 1 is 1.38 bits per heavy atom. The van der Waals surface area contributed by atoms with Gasteiger partial charge in [0, 0.05) is 18.0 Å². The maximum absolute atomic E-state index is 11.9. The lowest BCUT2D eigenvalue weighted by Gasteiger charge is -2.22. The summed E-state index contributed by atoms with van der Waals surface area (Å²) in [5.41, 5.74) is -0.274. The molecule has 0 aliphatic carbocycles. The van der Waals surface area contributed by atoms with Crippen molar-refractivity contribution < 1.29 is 22.7 Å². The van der Waals surface area contributed by atoms with Crippen LogP contribution in [0.2, 0.25) is 0 Å². The summed E-state index contributed by atoms with van der Waals surface area (Å²) in [5, 5.41) is 5.08. The Hall–Kier alpha value is -0.960. The summed E-state index contributed by atoms with van der Waals surface area (Å²) in [4.78, 5) is 11.7. The van der Waals surface area contributed by atoms with Crippen LogP contribution in [0, 0.1) is 0 Å². The van der Waals surface area contributed by atoms with Crippen molar-refractivity contribution in [1.82, 2.24) is 0 Å². The van der Waals surface area contributed by atoms with Crippen LogP contribution in [0.4, 0.5) is 0 Å². The minimum atomic E-state index is -3.91. The molecule has 0 radical (unpaired) electrons. The predicted molar refractivity (Wildman–Crippen MR) is 81.5 cm³/mol. The van der Waals surface area contributed by atoms with E-state index in [4.69, 9.17) is 14.6 Å². The number of halogens is 1. The van der Waals surface area contributed by atoms with Crippen molar-refractivity contribution in [2.75, 3.05) is 13.7 Å². The Morgan fingerprint density at radius 2 is 2.00 bits per heavy atom. The van der Waals surface area contributed by atoms with Gasteiger partial charge in [-0.1, -0.05) is 0 Å². The maximum Gasteiger partial charge on any atom is 0.338 e. The highest BCUT2D eigenvalue weighted by Gasteiger charge is 2.19. The lowest BCUT2D eigenvalue weighted by atomic mass is 10.1. The summed E-state index contributed by atoms with van der Waals surface area (Å²) in [6.07, 6.45) is 0.522. The van der Waals surface area contributed by atoms with Gasteiger partial charge in [-0.25, -0.2) is 18.4 Å². The number of hydrogen-bond donors (Lipinski definition) is 1. The van der Waals surface area contributed by atoms with E-state index in [0.717, 1.165) is 0 Å². The summed E-state index contributed by atoms with van der Waals surface area (Å²) in [7, 11) is -2.33. The molecule has 0 bridgehead atoms. The van der Waals surface area contributed by atoms with Crippen molar-refractivity contribution >= 4 is 31.9 Å². The zero-order valence-corrected chi connectivity index (χ0v) is 14.5. The van der Waals surface area contributed by atoms with Gasteiger partial charge in [0.2, 0.25) is 10.0 Å². The van der Waals surface area contributed by atoms with Crippen LogP contribution in [-0.4, -0.2) is 33.7 Å². The number of hydrogen-bond acceptors (Lipinski definition) is 5. The van der Waals surface area contributed by atoms with Gasteiger partial charge in [-0.05, 0) is 48.0 Å². The molecule has 0 aromatic heterocycles. The number of sulfonamides is 1. The van der Waals surface area contributed by atoms with E-state index in [2.05, 4.69) is 15.9 Å². The molecule has 118 valence electrons. The van der Waals surface area contributed by atoms with Gasteiger partial charge >= 0.3 is 5.97 Å². The molecule has 1 rings (SSSR count). The first-order valence-electron chi connectivity index (χ1n) is 6.11. The Morgan fingerprint density at radius 3 is 2.52 bits per heavy atom. The van der Waals surface area contributed by atoms with Crippen LogP contribution in [0.25, 0.3) is 0 Å². The molecule has 1 aromatic rings. The largest absolute Gasteiger partial charge is 0.462 e. The molecule has 0 saturated carbocycles. The SMILES string of the molecule is COC(C)(C)CCOC(=O)c1ccc(Br)c(S(N)(=O)=O)c1. The van der Waals surface area contributed by atoms with Crippen molar-refractivity contribution in [1.29, 1.82) is 0 Å². The molecule has 2 N–H and O–H groups in total. The third-order valence-electron chi connectivity index (χ3n) is 2.96. The van der Waals surface area contributed by atoms with Crippen molar-refractivity contribution in [2.24, 2.45) is 5.14 Å². The average Bonchev–Trinajstić information content (AvgIpc) is 2.37. The van der Waals surface area contributed by atoms with E-state index in [1.165, 1.54) is 18.2 Å². The number of esters is 1. The third kappa shape index (κ3) is 5.39. The van der Waals surface area contributed by atoms with E-state index < -0.39 is 21.6 Å². The van der Waals surface area contributed by atoms with Gasteiger partial charge < -0.3 is 9.47 Å². The van der Waals surface area contributed by atoms with Crippen LogP contribution in [0.15, 0.2) is 27.6 Å². The third-order valence-corrected chi connectivity index (χ3v) is 4.87. The molecular formula is C13H18BrNO5S. The van der Waals surface area contributed by atoms with Crippen LogP contribution < -0.4 is 5.14 Å². The van der Waals surface area contributed by atoms with Gasteiger partial charge in [-0.3, -0.25) is 0 Å². The van der Waals surface area contributed by atoms with Crippen molar-refractivity contribution in [3.05, 3.63) is 28.2 Å². The molecule has 0 amide bonds. The molecule has 21 heavy (non-hydrogen) atoms. The number of ether oxygens (including phenoxy) is 2. The van der Waals surface area contributed by atoms with E-state index in [-0.39, 0.29) is 17.1 Å². The van der Waals surface area contributed by atoms with Crippen molar-refractivity contribution in [3.8, 4) is 0 Å². The molecule has 0 unspecified atom stereocenters. The van der Waals surface area contributed by atoms with Gasteiger partial charge in [0.1, 0.15) is 0 Å². The van der Waals surface area contributed by atoms with Crippen LogP contribution in [0.3, 0.4) is 0 Å². The molecular weight excluding hydrogens is 362 g/mol. The Balaban J connectivity index is 2.81. The first-order valence-corrected chi connectivity index (χ1v) is 8.45. The van der Waals surface area contributed by atoms with Crippen LogP contribution in [-0.2, 0) is 19.5 Å². The smallest absolute Gasteiger partial charge is 0.338 e. The molecule has 1 aromatic carbocycles. The topological polar surface area (TPSA) is 95.7 Å². The van der Waals surface area contributed by atoms with Gasteiger partial charge in [-0.2, -0.15) is 0 Å². The number of rotatable bonds is 6. The predicted octanol–water partition coefficient (Wildman–Crippen LogP) is 2.07. The first kappa shape index (κ1) is 18.1. The van der Waals surface area contributed by atoms with E-state index in [0.29, 0.717) is 10.9 Å². The van der Waals surface area contributed by atoms with Crippen LogP contribution in [0.1, 0.15) is 30.6 Å². The minimum Gasteiger partial charge on any atom is -0.462 e. The fourth-order valence-electron chi connectivity index (χ4n) is 1.42. The number of primary sulfonamides is 1. The molecule has 0 saturated heterocycles. The monoisotopic (exact) mass is 379 g/mol.